The predicted octanol–water partition coefficient (Wildman–Crippen LogP) is 4.25. The molecular formula is C23H28F2N2O2. The van der Waals surface area contributed by atoms with Crippen LogP contribution in [0.15, 0.2) is 18.2 Å². The van der Waals surface area contributed by atoms with E-state index >= 15 is 0 Å². The van der Waals surface area contributed by atoms with Gasteiger partial charge in [-0.25, -0.2) is 8.78 Å². The topological polar surface area (TPSA) is 34.5 Å². The zero-order valence-corrected chi connectivity index (χ0v) is 17.3. The molecule has 0 saturated carbocycles. The van der Waals surface area contributed by atoms with Crippen molar-refractivity contribution in [3.05, 3.63) is 57.9 Å². The molecule has 1 aromatic heterocycles. The molecule has 1 saturated heterocycles. The number of hydrogen-bond acceptors (Lipinski definition) is 2. The Morgan fingerprint density at radius 3 is 2.48 bits per heavy atom. The summed E-state index contributed by atoms with van der Waals surface area (Å²) in [5, 5.41) is 0. The molecule has 1 aromatic carbocycles. The lowest BCUT2D eigenvalue weighted by Gasteiger charge is -2.35. The molecule has 2 aliphatic rings. The summed E-state index contributed by atoms with van der Waals surface area (Å²) in [6.07, 6.45) is 4.04. The zero-order valence-electron chi connectivity index (χ0n) is 17.3. The van der Waals surface area contributed by atoms with E-state index in [1.807, 2.05) is 30.2 Å². The van der Waals surface area contributed by atoms with Crippen LogP contribution in [-0.2, 0) is 24.1 Å². The second-order valence-corrected chi connectivity index (χ2v) is 8.41. The van der Waals surface area contributed by atoms with Gasteiger partial charge in [-0.1, -0.05) is 6.07 Å². The third-order valence-electron chi connectivity index (χ3n) is 6.08. The smallest absolute Gasteiger partial charge is 0.270 e. The molecule has 156 valence electrons. The van der Waals surface area contributed by atoms with Crippen LogP contribution in [0, 0.1) is 18.6 Å². The molecule has 1 fully saturated rings. The quantitative estimate of drug-likeness (QED) is 0.769. The minimum Gasteiger partial charge on any atom is -0.372 e. The van der Waals surface area contributed by atoms with Crippen LogP contribution in [0.25, 0.3) is 0 Å². The number of rotatable bonds is 3. The Labute approximate surface area is 170 Å². The Balaban J connectivity index is 1.75. The summed E-state index contributed by atoms with van der Waals surface area (Å²) in [6, 6.07) is 3.98. The van der Waals surface area contributed by atoms with Crippen molar-refractivity contribution in [3.8, 4) is 0 Å². The molecule has 4 nitrogen and oxygen atoms in total. The molecule has 2 atom stereocenters. The normalized spacial score (nSPS) is 21.9. The molecule has 0 spiro atoms. The number of hydrogen-bond donors (Lipinski definition) is 0. The van der Waals surface area contributed by atoms with Gasteiger partial charge in [-0.3, -0.25) is 4.79 Å². The molecule has 2 unspecified atom stereocenters. The number of morpholine rings is 1. The van der Waals surface area contributed by atoms with Crippen LogP contribution in [-0.4, -0.2) is 40.7 Å². The molecule has 0 bridgehead atoms. The maximum atomic E-state index is 13.8. The highest BCUT2D eigenvalue weighted by Crippen LogP contribution is 2.32. The molecule has 29 heavy (non-hydrogen) atoms. The van der Waals surface area contributed by atoms with Crippen molar-refractivity contribution in [2.45, 2.75) is 65.2 Å². The Morgan fingerprint density at radius 2 is 1.79 bits per heavy atom. The SMILES string of the molecule is Cc1c2c(n(Cc3ccc(F)c(F)c3)c1C(=O)N1CC(C)OC(C)C1)CCCC2. The molecule has 2 aromatic rings. The predicted molar refractivity (Wildman–Crippen MR) is 107 cm³/mol. The summed E-state index contributed by atoms with van der Waals surface area (Å²) in [5.41, 5.74) is 4.78. The van der Waals surface area contributed by atoms with E-state index in [1.165, 1.54) is 11.6 Å². The van der Waals surface area contributed by atoms with Crippen LogP contribution in [0.2, 0.25) is 0 Å². The van der Waals surface area contributed by atoms with E-state index in [4.69, 9.17) is 4.74 Å². The van der Waals surface area contributed by atoms with Gasteiger partial charge in [0.05, 0.1) is 12.2 Å². The van der Waals surface area contributed by atoms with E-state index in [1.54, 1.807) is 6.07 Å². The molecule has 6 heteroatoms. The van der Waals surface area contributed by atoms with Crippen molar-refractivity contribution in [2.75, 3.05) is 13.1 Å². The largest absolute Gasteiger partial charge is 0.372 e. The maximum absolute atomic E-state index is 13.8. The van der Waals surface area contributed by atoms with Crippen LogP contribution < -0.4 is 0 Å². The fourth-order valence-electron chi connectivity index (χ4n) is 4.84. The average molecular weight is 402 g/mol. The van der Waals surface area contributed by atoms with Crippen LogP contribution in [0.3, 0.4) is 0 Å². The summed E-state index contributed by atoms with van der Waals surface area (Å²) in [4.78, 5) is 15.4. The Morgan fingerprint density at radius 1 is 1.10 bits per heavy atom. The first-order valence-electron chi connectivity index (χ1n) is 10.4. The van der Waals surface area contributed by atoms with Crippen LogP contribution in [0.1, 0.15) is 59.6 Å². The second-order valence-electron chi connectivity index (χ2n) is 8.41. The minimum absolute atomic E-state index is 0.00137. The summed E-state index contributed by atoms with van der Waals surface area (Å²) in [6.45, 7) is 7.46. The van der Waals surface area contributed by atoms with E-state index in [0.717, 1.165) is 43.0 Å². The summed E-state index contributed by atoms with van der Waals surface area (Å²) < 4.78 is 35.0. The lowest BCUT2D eigenvalue weighted by atomic mass is 9.95. The van der Waals surface area contributed by atoms with E-state index in [9.17, 15) is 13.6 Å². The number of halogens is 2. The van der Waals surface area contributed by atoms with E-state index < -0.39 is 11.6 Å². The molecular weight excluding hydrogens is 374 g/mol. The van der Waals surface area contributed by atoms with Crippen molar-refractivity contribution in [1.82, 2.24) is 9.47 Å². The molecule has 1 amide bonds. The highest BCUT2D eigenvalue weighted by Gasteiger charge is 2.32. The van der Waals surface area contributed by atoms with E-state index in [2.05, 4.69) is 0 Å². The van der Waals surface area contributed by atoms with Gasteiger partial charge >= 0.3 is 0 Å². The number of carbonyl (C=O) groups is 1. The van der Waals surface area contributed by atoms with Gasteiger partial charge in [-0.15, -0.1) is 0 Å². The fraction of sp³-hybridized carbons (Fsp3) is 0.522. The summed E-state index contributed by atoms with van der Waals surface area (Å²) >= 11 is 0. The van der Waals surface area contributed by atoms with Gasteiger partial charge in [0.15, 0.2) is 11.6 Å². The van der Waals surface area contributed by atoms with Crippen molar-refractivity contribution in [1.29, 1.82) is 0 Å². The van der Waals surface area contributed by atoms with Crippen molar-refractivity contribution < 1.29 is 18.3 Å². The Kier molecular flexibility index (Phi) is 5.47. The number of amides is 1. The third kappa shape index (κ3) is 3.82. The van der Waals surface area contributed by atoms with Crippen molar-refractivity contribution in [3.63, 3.8) is 0 Å². The molecule has 0 radical (unpaired) electrons. The van der Waals surface area contributed by atoms with Crippen molar-refractivity contribution in [2.24, 2.45) is 0 Å². The zero-order chi connectivity index (χ0) is 20.7. The number of fused-ring (bicyclic) bond motifs is 1. The number of nitrogens with zero attached hydrogens (tertiary/aromatic N) is 2. The minimum atomic E-state index is -0.857. The summed E-state index contributed by atoms with van der Waals surface area (Å²) in [5.74, 6) is -1.71. The fourth-order valence-corrected chi connectivity index (χ4v) is 4.84. The van der Waals surface area contributed by atoms with Crippen LogP contribution in [0.4, 0.5) is 8.78 Å². The third-order valence-corrected chi connectivity index (χ3v) is 6.08. The molecule has 0 N–H and O–H groups in total. The molecule has 4 rings (SSSR count). The number of benzene rings is 1. The van der Waals surface area contributed by atoms with Gasteiger partial charge in [-0.05, 0) is 75.3 Å². The lowest BCUT2D eigenvalue weighted by Crippen LogP contribution is -2.48. The molecule has 2 heterocycles. The van der Waals surface area contributed by atoms with Gasteiger partial charge in [0, 0.05) is 25.3 Å². The first-order valence-corrected chi connectivity index (χ1v) is 10.4. The van der Waals surface area contributed by atoms with Crippen LogP contribution in [0.5, 0.6) is 0 Å². The van der Waals surface area contributed by atoms with Gasteiger partial charge in [0.2, 0.25) is 0 Å². The average Bonchev–Trinajstić information content (AvgIpc) is 2.95. The van der Waals surface area contributed by atoms with E-state index in [-0.39, 0.29) is 18.1 Å². The first-order chi connectivity index (χ1) is 13.8. The van der Waals surface area contributed by atoms with Gasteiger partial charge in [0.1, 0.15) is 5.69 Å². The molecule has 1 aliphatic heterocycles. The Bertz CT molecular complexity index is 927. The number of aromatic nitrogens is 1. The number of ether oxygens (including phenoxy) is 1. The van der Waals surface area contributed by atoms with Crippen molar-refractivity contribution >= 4 is 5.91 Å². The Hall–Kier alpha value is -2.21. The van der Waals surface area contributed by atoms with Gasteiger partial charge in [0.25, 0.3) is 5.91 Å². The molecule has 1 aliphatic carbocycles. The van der Waals surface area contributed by atoms with Gasteiger partial charge < -0.3 is 14.2 Å². The highest BCUT2D eigenvalue weighted by molar-refractivity contribution is 5.95. The van der Waals surface area contributed by atoms with Crippen LogP contribution >= 0.6 is 0 Å². The lowest BCUT2D eigenvalue weighted by molar-refractivity contribution is -0.0588. The second kappa shape index (κ2) is 7.90. The monoisotopic (exact) mass is 402 g/mol. The summed E-state index contributed by atoms with van der Waals surface area (Å²) in [7, 11) is 0. The standard InChI is InChI=1S/C23H28F2N2O2/c1-14-11-26(12-15(2)29-14)23(28)22-16(3)18-6-4-5-7-21(18)27(22)13-17-8-9-19(24)20(25)10-17/h8-10,14-15H,4-7,11-13H2,1-3H3. The first kappa shape index (κ1) is 20.1. The maximum Gasteiger partial charge on any atom is 0.270 e. The highest BCUT2D eigenvalue weighted by atomic mass is 19.2. The number of carbonyl (C=O) groups excluding carboxylic acids is 1. The van der Waals surface area contributed by atoms with E-state index in [0.29, 0.717) is 30.9 Å². The van der Waals surface area contributed by atoms with Gasteiger partial charge in [-0.2, -0.15) is 0 Å².